The van der Waals surface area contributed by atoms with Crippen LogP contribution in [0.3, 0.4) is 0 Å². The number of ether oxygens (including phenoxy) is 9. The van der Waals surface area contributed by atoms with Gasteiger partial charge in [0.15, 0.2) is 0 Å². The van der Waals surface area contributed by atoms with Gasteiger partial charge in [-0.25, -0.2) is 0 Å². The molecule has 1 rings (SSSR count). The van der Waals surface area contributed by atoms with Crippen LogP contribution in [0.1, 0.15) is 25.7 Å². The highest BCUT2D eigenvalue weighted by Crippen LogP contribution is 2.49. The standard InChI is InChI=1S/C38H67Br3N6O15/c39-26-35(51)45-7-16-57-22-19-54-13-4-42-32(48)1-10-60-29-38(30-61-11-2-33(49)43-5-14-55-20-23-58-17-8-46-36(52)27-40)25-31(38)62-12-3-34(50)44-6-15-56-21-24-59-18-9-47-37(53)28-41/h31H,1-30H2,(H,42,48)(H,43,49)(H,44,50)(H,45,51)(H,46,52)(H,47,53). The third-order valence-corrected chi connectivity index (χ3v) is 9.91. The number of rotatable bonds is 44. The highest BCUT2D eigenvalue weighted by atomic mass is 79.9. The van der Waals surface area contributed by atoms with E-state index in [9.17, 15) is 28.8 Å². The highest BCUT2D eigenvalue weighted by molar-refractivity contribution is 9.09. The van der Waals surface area contributed by atoms with E-state index >= 15 is 0 Å². The van der Waals surface area contributed by atoms with Crippen molar-refractivity contribution in [3.63, 3.8) is 0 Å². The van der Waals surface area contributed by atoms with E-state index in [4.69, 9.17) is 42.6 Å². The molecule has 1 atom stereocenters. The molecule has 1 aliphatic rings. The molecule has 0 aromatic heterocycles. The fourth-order valence-electron chi connectivity index (χ4n) is 5.01. The molecular weight excluding hydrogens is 1020 g/mol. The van der Waals surface area contributed by atoms with E-state index in [1.807, 2.05) is 0 Å². The van der Waals surface area contributed by atoms with Crippen LogP contribution in [0, 0.1) is 5.41 Å². The van der Waals surface area contributed by atoms with Gasteiger partial charge in [0, 0.05) is 63.9 Å². The molecule has 0 aromatic rings. The van der Waals surface area contributed by atoms with Gasteiger partial charge in [0.05, 0.1) is 134 Å². The number of nitrogens with one attached hydrogen (secondary N) is 6. The van der Waals surface area contributed by atoms with Gasteiger partial charge >= 0.3 is 0 Å². The molecular formula is C38H67Br3N6O15. The van der Waals surface area contributed by atoms with Gasteiger partial charge in [-0.3, -0.25) is 28.8 Å². The van der Waals surface area contributed by atoms with Crippen molar-refractivity contribution >= 4 is 83.2 Å². The van der Waals surface area contributed by atoms with E-state index in [1.54, 1.807) is 0 Å². The molecule has 1 saturated carbocycles. The molecule has 0 saturated heterocycles. The predicted octanol–water partition coefficient (Wildman–Crippen LogP) is -1.05. The average Bonchev–Trinajstić information content (AvgIpc) is 3.96. The molecule has 1 unspecified atom stereocenters. The number of carbonyl (C=O) groups excluding carboxylic acids is 6. The lowest BCUT2D eigenvalue weighted by atomic mass is 10.1. The Hall–Kier alpha value is -2.10. The van der Waals surface area contributed by atoms with Crippen molar-refractivity contribution in [1.82, 2.24) is 31.9 Å². The van der Waals surface area contributed by atoms with E-state index in [2.05, 4.69) is 79.7 Å². The molecule has 0 aromatic carbocycles. The van der Waals surface area contributed by atoms with Crippen LogP contribution < -0.4 is 31.9 Å². The number of alkyl halides is 3. The van der Waals surface area contributed by atoms with Crippen LogP contribution in [0.15, 0.2) is 0 Å². The summed E-state index contributed by atoms with van der Waals surface area (Å²) in [5.74, 6) is -0.868. The smallest absolute Gasteiger partial charge is 0.230 e. The van der Waals surface area contributed by atoms with Crippen molar-refractivity contribution in [3.05, 3.63) is 0 Å². The summed E-state index contributed by atoms with van der Waals surface area (Å²) in [6.07, 6.45) is 0.852. The maximum atomic E-state index is 12.4. The van der Waals surface area contributed by atoms with Crippen LogP contribution in [0.2, 0.25) is 0 Å². The Morgan fingerprint density at radius 1 is 0.371 bits per heavy atom. The Labute approximate surface area is 389 Å². The minimum Gasteiger partial charge on any atom is -0.380 e. The Balaban J connectivity index is 2.31. The molecule has 0 spiro atoms. The molecule has 0 aliphatic heterocycles. The van der Waals surface area contributed by atoms with Crippen molar-refractivity contribution in [3.8, 4) is 0 Å². The van der Waals surface area contributed by atoms with E-state index in [0.717, 1.165) is 0 Å². The zero-order valence-corrected chi connectivity index (χ0v) is 40.3. The summed E-state index contributed by atoms with van der Waals surface area (Å²) in [6, 6.07) is 0. The summed E-state index contributed by atoms with van der Waals surface area (Å²) in [4.78, 5) is 70.5. The van der Waals surface area contributed by atoms with Crippen molar-refractivity contribution in [1.29, 1.82) is 0 Å². The van der Waals surface area contributed by atoms with E-state index < -0.39 is 5.41 Å². The van der Waals surface area contributed by atoms with Gasteiger partial charge in [-0.1, -0.05) is 47.8 Å². The fraction of sp³-hybridized carbons (Fsp3) is 0.842. The number of hydrogen-bond acceptors (Lipinski definition) is 15. The average molecular weight is 1090 g/mol. The summed E-state index contributed by atoms with van der Waals surface area (Å²) in [6.45, 7) is 7.64. The molecule has 0 heterocycles. The molecule has 1 fully saturated rings. The topological polar surface area (TPSA) is 258 Å². The summed E-state index contributed by atoms with van der Waals surface area (Å²) >= 11 is 9.22. The van der Waals surface area contributed by atoms with Gasteiger partial charge in [0.1, 0.15) is 0 Å². The zero-order valence-electron chi connectivity index (χ0n) is 35.5. The minimum atomic E-state index is -0.482. The minimum absolute atomic E-state index is 0.107. The maximum Gasteiger partial charge on any atom is 0.230 e. The number of halogens is 3. The highest BCUT2D eigenvalue weighted by Gasteiger charge is 2.56. The van der Waals surface area contributed by atoms with Crippen LogP contribution in [0.25, 0.3) is 0 Å². The van der Waals surface area contributed by atoms with Crippen LogP contribution in [-0.2, 0) is 71.4 Å². The first kappa shape index (κ1) is 57.9. The molecule has 62 heavy (non-hydrogen) atoms. The molecule has 360 valence electrons. The van der Waals surface area contributed by atoms with Crippen LogP contribution in [0.4, 0.5) is 0 Å². The first-order valence-corrected chi connectivity index (χ1v) is 24.0. The van der Waals surface area contributed by atoms with Crippen molar-refractivity contribution in [2.24, 2.45) is 5.41 Å². The second-order valence-electron chi connectivity index (χ2n) is 13.5. The molecule has 6 amide bonds. The zero-order chi connectivity index (χ0) is 45.4. The van der Waals surface area contributed by atoms with Crippen molar-refractivity contribution < 1.29 is 71.4 Å². The van der Waals surface area contributed by atoms with E-state index in [0.29, 0.717) is 125 Å². The third kappa shape index (κ3) is 34.3. The molecule has 0 radical (unpaired) electrons. The summed E-state index contributed by atoms with van der Waals surface area (Å²) in [5, 5.41) is 17.1. The summed E-state index contributed by atoms with van der Waals surface area (Å²) in [7, 11) is 0. The van der Waals surface area contributed by atoms with Crippen LogP contribution in [-0.4, -0.2) is 209 Å². The van der Waals surface area contributed by atoms with Gasteiger partial charge < -0.3 is 74.5 Å². The Morgan fingerprint density at radius 3 is 0.935 bits per heavy atom. The monoisotopic (exact) mass is 1080 g/mol. The van der Waals surface area contributed by atoms with Crippen molar-refractivity contribution in [2.75, 3.05) is 168 Å². The first-order valence-electron chi connectivity index (χ1n) is 20.7. The number of carbonyl (C=O) groups is 6. The molecule has 0 bridgehead atoms. The first-order chi connectivity index (χ1) is 30.2. The molecule has 24 heteroatoms. The summed E-state index contributed by atoms with van der Waals surface area (Å²) in [5.41, 5.74) is -0.482. The van der Waals surface area contributed by atoms with Crippen LogP contribution >= 0.6 is 47.8 Å². The van der Waals surface area contributed by atoms with Gasteiger partial charge in [-0.05, 0) is 6.42 Å². The lowest BCUT2D eigenvalue weighted by Crippen LogP contribution is -2.31. The normalized spacial score (nSPS) is 13.9. The van der Waals surface area contributed by atoms with E-state index in [1.165, 1.54) is 0 Å². The summed E-state index contributed by atoms with van der Waals surface area (Å²) < 4.78 is 50.3. The lowest BCUT2D eigenvalue weighted by Gasteiger charge is -2.18. The number of hydrogen-bond donors (Lipinski definition) is 6. The quantitative estimate of drug-likeness (QED) is 0.0315. The molecule has 21 nitrogen and oxygen atoms in total. The number of amides is 6. The fourth-order valence-corrected chi connectivity index (χ4v) is 5.61. The van der Waals surface area contributed by atoms with E-state index in [-0.39, 0.29) is 110 Å². The van der Waals surface area contributed by atoms with Crippen molar-refractivity contribution in [2.45, 2.75) is 31.8 Å². The predicted molar refractivity (Wildman–Crippen MR) is 237 cm³/mol. The molecule has 6 N–H and O–H groups in total. The van der Waals surface area contributed by atoms with Gasteiger partial charge in [-0.15, -0.1) is 0 Å². The maximum absolute atomic E-state index is 12.4. The lowest BCUT2D eigenvalue weighted by molar-refractivity contribution is -0.123. The SMILES string of the molecule is O=C(CBr)NCCOCCOCCNC(=O)CCOCC1(COCCC(=O)NCCOCCOCCNC(=O)CBr)CC1OCCC(=O)NCCOCCOCCNC(=O)CBr. The molecule has 1 aliphatic carbocycles. The largest absolute Gasteiger partial charge is 0.380 e. The Kier molecular flexibility index (Phi) is 37.8. The van der Waals surface area contributed by atoms with Gasteiger partial charge in [-0.2, -0.15) is 0 Å². The second-order valence-corrected chi connectivity index (χ2v) is 15.1. The van der Waals surface area contributed by atoms with Crippen LogP contribution in [0.5, 0.6) is 0 Å². The Bertz CT molecular complexity index is 1180. The Morgan fingerprint density at radius 2 is 0.645 bits per heavy atom. The van der Waals surface area contributed by atoms with Gasteiger partial charge in [0.25, 0.3) is 0 Å². The van der Waals surface area contributed by atoms with Gasteiger partial charge in [0.2, 0.25) is 35.4 Å². The third-order valence-electron chi connectivity index (χ3n) is 8.38. The second kappa shape index (κ2) is 40.4.